The Hall–Kier alpha value is -1.60. The van der Waals surface area contributed by atoms with E-state index in [2.05, 4.69) is 15.6 Å². The molecule has 0 saturated heterocycles. The fourth-order valence-electron chi connectivity index (χ4n) is 1.50. The van der Waals surface area contributed by atoms with E-state index in [1.165, 1.54) is 0 Å². The SMILES string of the molecule is Br.COCCNC(=O)CCNC(N)=NCc1ccccc1. The van der Waals surface area contributed by atoms with Gasteiger partial charge < -0.3 is 21.1 Å². The molecule has 1 rings (SSSR count). The number of aliphatic imine (C=N–C) groups is 1. The van der Waals surface area contributed by atoms with E-state index < -0.39 is 0 Å². The number of hydrogen-bond acceptors (Lipinski definition) is 3. The summed E-state index contributed by atoms with van der Waals surface area (Å²) in [7, 11) is 1.59. The number of halogens is 1. The van der Waals surface area contributed by atoms with E-state index in [1.54, 1.807) is 7.11 Å². The van der Waals surface area contributed by atoms with Gasteiger partial charge in [0.05, 0.1) is 13.2 Å². The van der Waals surface area contributed by atoms with Gasteiger partial charge in [0.2, 0.25) is 5.91 Å². The molecule has 4 N–H and O–H groups in total. The number of benzene rings is 1. The maximum atomic E-state index is 11.4. The minimum Gasteiger partial charge on any atom is -0.383 e. The number of rotatable bonds is 8. The van der Waals surface area contributed by atoms with Crippen molar-refractivity contribution in [2.45, 2.75) is 13.0 Å². The summed E-state index contributed by atoms with van der Waals surface area (Å²) in [5.41, 5.74) is 6.81. The summed E-state index contributed by atoms with van der Waals surface area (Å²) in [6.07, 6.45) is 0.352. The average molecular weight is 359 g/mol. The number of nitrogens with two attached hydrogens (primary N) is 1. The van der Waals surface area contributed by atoms with Crippen molar-refractivity contribution in [1.82, 2.24) is 10.6 Å². The van der Waals surface area contributed by atoms with Gasteiger partial charge in [-0.25, -0.2) is 4.99 Å². The van der Waals surface area contributed by atoms with Gasteiger partial charge in [0.15, 0.2) is 5.96 Å². The molecule has 0 aromatic heterocycles. The number of methoxy groups -OCH3 is 1. The third-order valence-electron chi connectivity index (χ3n) is 2.56. The van der Waals surface area contributed by atoms with Crippen molar-refractivity contribution < 1.29 is 9.53 Å². The van der Waals surface area contributed by atoms with Crippen LogP contribution in [0.25, 0.3) is 0 Å². The van der Waals surface area contributed by atoms with E-state index in [4.69, 9.17) is 10.5 Å². The highest BCUT2D eigenvalue weighted by Crippen LogP contribution is 1.99. The summed E-state index contributed by atoms with van der Waals surface area (Å²) in [6, 6.07) is 9.84. The van der Waals surface area contributed by atoms with E-state index in [1.807, 2.05) is 30.3 Å². The monoisotopic (exact) mass is 358 g/mol. The van der Waals surface area contributed by atoms with Gasteiger partial charge in [0, 0.05) is 26.6 Å². The van der Waals surface area contributed by atoms with Gasteiger partial charge in [-0.15, -0.1) is 17.0 Å². The first-order valence-electron chi connectivity index (χ1n) is 6.55. The lowest BCUT2D eigenvalue weighted by atomic mass is 10.2. The maximum Gasteiger partial charge on any atom is 0.221 e. The molecule has 0 unspecified atom stereocenters. The zero-order valence-corrected chi connectivity index (χ0v) is 13.9. The van der Waals surface area contributed by atoms with Crippen LogP contribution in [0.1, 0.15) is 12.0 Å². The second-order valence-electron chi connectivity index (χ2n) is 4.21. The first kappa shape index (κ1) is 19.4. The standard InChI is InChI=1S/C14H22N4O2.BrH/c1-20-10-9-16-13(19)7-8-17-14(15)18-11-12-5-3-2-4-6-12;/h2-6H,7-11H2,1H3,(H,16,19)(H3,15,17,18);1H. The van der Waals surface area contributed by atoms with Gasteiger partial charge >= 0.3 is 0 Å². The Morgan fingerprint density at radius 1 is 1.24 bits per heavy atom. The number of amides is 1. The molecule has 0 fully saturated rings. The van der Waals surface area contributed by atoms with E-state index in [9.17, 15) is 4.79 Å². The van der Waals surface area contributed by atoms with Gasteiger partial charge in [-0.3, -0.25) is 4.79 Å². The van der Waals surface area contributed by atoms with Crippen molar-refractivity contribution in [2.24, 2.45) is 10.7 Å². The summed E-state index contributed by atoms with van der Waals surface area (Å²) in [5.74, 6) is 0.309. The molecular formula is C14H23BrN4O2. The molecule has 1 aromatic rings. The predicted octanol–water partition coefficient (Wildman–Crippen LogP) is 0.822. The van der Waals surface area contributed by atoms with Gasteiger partial charge in [0.1, 0.15) is 0 Å². The Bertz CT molecular complexity index is 426. The first-order valence-corrected chi connectivity index (χ1v) is 6.55. The van der Waals surface area contributed by atoms with Crippen LogP contribution < -0.4 is 16.4 Å². The highest BCUT2D eigenvalue weighted by Gasteiger charge is 2.00. The molecule has 1 aromatic carbocycles. The summed E-state index contributed by atoms with van der Waals surface area (Å²) in [5, 5.41) is 5.64. The van der Waals surface area contributed by atoms with Crippen molar-refractivity contribution in [3.05, 3.63) is 35.9 Å². The molecular weight excluding hydrogens is 336 g/mol. The van der Waals surface area contributed by atoms with E-state index in [0.717, 1.165) is 5.56 Å². The molecule has 0 heterocycles. The minimum atomic E-state index is -0.0367. The van der Waals surface area contributed by atoms with Gasteiger partial charge in [0.25, 0.3) is 0 Å². The fourth-order valence-corrected chi connectivity index (χ4v) is 1.50. The molecule has 6 nitrogen and oxygen atoms in total. The summed E-state index contributed by atoms with van der Waals surface area (Å²) < 4.78 is 4.84. The molecule has 0 aliphatic heterocycles. The zero-order chi connectivity index (χ0) is 14.6. The Kier molecular flexibility index (Phi) is 11.2. The Balaban J connectivity index is 0.00000400. The largest absolute Gasteiger partial charge is 0.383 e. The van der Waals surface area contributed by atoms with Crippen LogP contribution in [0, 0.1) is 0 Å². The number of nitrogens with one attached hydrogen (secondary N) is 2. The van der Waals surface area contributed by atoms with Crippen LogP contribution >= 0.6 is 17.0 Å². The van der Waals surface area contributed by atoms with Crippen LogP contribution in [-0.2, 0) is 16.1 Å². The van der Waals surface area contributed by atoms with Crippen LogP contribution in [0.4, 0.5) is 0 Å². The van der Waals surface area contributed by atoms with Crippen LogP contribution in [-0.4, -0.2) is 38.7 Å². The highest BCUT2D eigenvalue weighted by atomic mass is 79.9. The third-order valence-corrected chi connectivity index (χ3v) is 2.56. The molecule has 0 aliphatic carbocycles. The number of ether oxygens (including phenoxy) is 1. The lowest BCUT2D eigenvalue weighted by Crippen LogP contribution is -2.36. The molecule has 0 radical (unpaired) electrons. The van der Waals surface area contributed by atoms with Gasteiger partial charge in [-0.05, 0) is 5.56 Å². The topological polar surface area (TPSA) is 88.7 Å². The molecule has 0 aliphatic rings. The molecule has 0 spiro atoms. The van der Waals surface area contributed by atoms with Crippen LogP contribution in [0.3, 0.4) is 0 Å². The van der Waals surface area contributed by atoms with Crippen molar-refractivity contribution in [3.63, 3.8) is 0 Å². The summed E-state index contributed by atoms with van der Waals surface area (Å²) >= 11 is 0. The first-order chi connectivity index (χ1) is 9.72. The number of hydrogen-bond donors (Lipinski definition) is 3. The highest BCUT2D eigenvalue weighted by molar-refractivity contribution is 8.93. The van der Waals surface area contributed by atoms with Gasteiger partial charge in [-0.2, -0.15) is 0 Å². The fraction of sp³-hybridized carbons (Fsp3) is 0.429. The van der Waals surface area contributed by atoms with Crippen molar-refractivity contribution in [1.29, 1.82) is 0 Å². The molecule has 21 heavy (non-hydrogen) atoms. The summed E-state index contributed by atoms with van der Waals surface area (Å²) in [6.45, 7) is 2.02. The maximum absolute atomic E-state index is 11.4. The predicted molar refractivity (Wildman–Crippen MR) is 89.6 cm³/mol. The molecule has 0 saturated carbocycles. The number of nitrogens with zero attached hydrogens (tertiary/aromatic N) is 1. The smallest absolute Gasteiger partial charge is 0.221 e. The van der Waals surface area contributed by atoms with Crippen LogP contribution in [0.15, 0.2) is 35.3 Å². The zero-order valence-electron chi connectivity index (χ0n) is 12.2. The van der Waals surface area contributed by atoms with E-state index in [-0.39, 0.29) is 22.9 Å². The van der Waals surface area contributed by atoms with E-state index >= 15 is 0 Å². The lowest BCUT2D eigenvalue weighted by Gasteiger charge is -2.06. The van der Waals surface area contributed by atoms with Crippen molar-refractivity contribution in [3.8, 4) is 0 Å². The molecule has 118 valence electrons. The molecule has 0 atom stereocenters. The average Bonchev–Trinajstić information content (AvgIpc) is 2.46. The summed E-state index contributed by atoms with van der Waals surface area (Å²) in [4.78, 5) is 15.6. The van der Waals surface area contributed by atoms with Crippen LogP contribution in [0.2, 0.25) is 0 Å². The number of carbonyl (C=O) groups excluding carboxylic acids is 1. The Morgan fingerprint density at radius 2 is 1.95 bits per heavy atom. The Labute approximate surface area is 135 Å². The second kappa shape index (κ2) is 12.2. The third kappa shape index (κ3) is 9.86. The van der Waals surface area contributed by atoms with E-state index in [0.29, 0.717) is 38.6 Å². The molecule has 1 amide bonds. The number of guanidine groups is 1. The lowest BCUT2D eigenvalue weighted by molar-refractivity contribution is -0.121. The quantitative estimate of drug-likeness (QED) is 0.364. The van der Waals surface area contributed by atoms with Crippen molar-refractivity contribution in [2.75, 3.05) is 26.8 Å². The molecule has 0 bridgehead atoms. The van der Waals surface area contributed by atoms with Crippen molar-refractivity contribution >= 4 is 28.8 Å². The number of carbonyl (C=O) groups is 1. The van der Waals surface area contributed by atoms with Crippen LogP contribution in [0.5, 0.6) is 0 Å². The van der Waals surface area contributed by atoms with Gasteiger partial charge in [-0.1, -0.05) is 30.3 Å². The Morgan fingerprint density at radius 3 is 2.62 bits per heavy atom. The molecule has 7 heteroatoms. The minimum absolute atomic E-state index is 0. The normalized spacial score (nSPS) is 10.6. The second-order valence-corrected chi connectivity index (χ2v) is 4.21.